The van der Waals surface area contributed by atoms with Crippen molar-refractivity contribution in [1.82, 2.24) is 25.1 Å². The smallest absolute Gasteiger partial charge is 0.263 e. The van der Waals surface area contributed by atoms with Crippen LogP contribution in [-0.4, -0.2) is 25.7 Å². The number of amides is 1. The molecule has 8 heteroatoms. The zero-order valence-electron chi connectivity index (χ0n) is 12.7. The van der Waals surface area contributed by atoms with Crippen LogP contribution in [0.25, 0.3) is 10.9 Å². The number of nitrogens with one attached hydrogen (secondary N) is 2. The number of anilines is 1. The van der Waals surface area contributed by atoms with E-state index in [-0.39, 0.29) is 17.1 Å². The van der Waals surface area contributed by atoms with Gasteiger partial charge in [0, 0.05) is 7.05 Å². The van der Waals surface area contributed by atoms with Crippen molar-refractivity contribution in [2.75, 3.05) is 5.73 Å². The zero-order chi connectivity index (χ0) is 16.6. The fourth-order valence-electron chi connectivity index (χ4n) is 2.41. The van der Waals surface area contributed by atoms with Gasteiger partial charge < -0.3 is 15.6 Å². The summed E-state index contributed by atoms with van der Waals surface area (Å²) in [5.74, 6) is 0.0509. The molecule has 0 aliphatic heterocycles. The summed E-state index contributed by atoms with van der Waals surface area (Å²) in [6, 6.07) is 8.52. The molecule has 0 saturated carbocycles. The third kappa shape index (κ3) is 2.66. The van der Waals surface area contributed by atoms with E-state index in [1.165, 1.54) is 4.57 Å². The molecule has 2 aromatic heterocycles. The number of carbonyl (C=O) groups is 1. The summed E-state index contributed by atoms with van der Waals surface area (Å²) < 4.78 is 1.46. The van der Waals surface area contributed by atoms with Crippen molar-refractivity contribution in [3.8, 4) is 0 Å². The minimum Gasteiger partial charge on any atom is -0.367 e. The molecule has 3 aromatic rings. The van der Waals surface area contributed by atoms with Gasteiger partial charge >= 0.3 is 0 Å². The Balaban J connectivity index is 1.95. The van der Waals surface area contributed by atoms with E-state index in [0.717, 1.165) is 10.9 Å². The number of nitrogens with two attached hydrogens (primary N) is 1. The standard InChI is InChI=1S/C15H16N6O2/c1-8(12-18-15(16)20-19-12)17-13(22)10-7-9-5-3-4-6-11(9)21(2)14(10)23/h3-8H,1-2H3,(H,17,22)(H3,16,18,19,20). The number of nitrogen functional groups attached to an aromatic ring is 1. The second-order valence-electron chi connectivity index (χ2n) is 5.25. The Hall–Kier alpha value is -3.16. The molecule has 23 heavy (non-hydrogen) atoms. The molecule has 0 aliphatic rings. The molecule has 3 rings (SSSR count). The highest BCUT2D eigenvalue weighted by atomic mass is 16.2. The molecule has 4 N–H and O–H groups in total. The van der Waals surface area contributed by atoms with E-state index in [1.807, 2.05) is 24.3 Å². The average molecular weight is 312 g/mol. The predicted molar refractivity (Wildman–Crippen MR) is 85.9 cm³/mol. The molecule has 0 spiro atoms. The molecule has 0 bridgehead atoms. The number of aryl methyl sites for hydroxylation is 1. The lowest BCUT2D eigenvalue weighted by Gasteiger charge is -2.12. The van der Waals surface area contributed by atoms with E-state index >= 15 is 0 Å². The summed E-state index contributed by atoms with van der Waals surface area (Å²) in [5, 5.41) is 9.88. The van der Waals surface area contributed by atoms with E-state index in [9.17, 15) is 9.59 Å². The fourth-order valence-corrected chi connectivity index (χ4v) is 2.41. The van der Waals surface area contributed by atoms with Gasteiger partial charge in [-0.25, -0.2) is 0 Å². The molecular formula is C15H16N6O2. The predicted octanol–water partition coefficient (Wildman–Crippen LogP) is 0.730. The molecule has 118 valence electrons. The van der Waals surface area contributed by atoms with Crippen LogP contribution < -0.4 is 16.6 Å². The van der Waals surface area contributed by atoms with Gasteiger partial charge in [0.25, 0.3) is 11.5 Å². The SMILES string of the molecule is CC(NC(=O)c1cc2ccccc2n(C)c1=O)c1nc(N)n[nH]1. The monoisotopic (exact) mass is 312 g/mol. The first-order valence-electron chi connectivity index (χ1n) is 7.05. The number of aromatic amines is 1. The Kier molecular flexibility index (Phi) is 3.57. The van der Waals surface area contributed by atoms with Crippen LogP contribution in [-0.2, 0) is 7.05 Å². The van der Waals surface area contributed by atoms with E-state index in [0.29, 0.717) is 5.82 Å². The van der Waals surface area contributed by atoms with Gasteiger partial charge in [0.2, 0.25) is 5.95 Å². The van der Waals surface area contributed by atoms with Gasteiger partial charge in [0.15, 0.2) is 0 Å². The Morgan fingerprint density at radius 3 is 2.83 bits per heavy atom. The highest BCUT2D eigenvalue weighted by molar-refractivity contribution is 5.97. The first-order valence-corrected chi connectivity index (χ1v) is 7.05. The number of benzene rings is 1. The van der Waals surface area contributed by atoms with Gasteiger partial charge in [0.1, 0.15) is 11.4 Å². The van der Waals surface area contributed by atoms with Crippen molar-refractivity contribution in [1.29, 1.82) is 0 Å². The number of pyridine rings is 1. The maximum absolute atomic E-state index is 12.4. The van der Waals surface area contributed by atoms with Crippen molar-refractivity contribution in [3.63, 3.8) is 0 Å². The number of nitrogens with zero attached hydrogens (tertiary/aromatic N) is 3. The molecule has 1 aromatic carbocycles. The molecule has 1 amide bonds. The third-order valence-corrected chi connectivity index (χ3v) is 3.66. The summed E-state index contributed by atoms with van der Waals surface area (Å²) in [5.41, 5.74) is 5.93. The number of hydrogen-bond donors (Lipinski definition) is 3. The Morgan fingerprint density at radius 1 is 1.39 bits per heavy atom. The molecule has 1 atom stereocenters. The van der Waals surface area contributed by atoms with Crippen LogP contribution in [0.5, 0.6) is 0 Å². The Labute approximate surface area is 131 Å². The Bertz CT molecular complexity index is 943. The first kappa shape index (κ1) is 14.8. The number of rotatable bonds is 3. The van der Waals surface area contributed by atoms with Crippen molar-refractivity contribution in [2.24, 2.45) is 7.05 Å². The summed E-state index contributed by atoms with van der Waals surface area (Å²) in [6.45, 7) is 1.73. The van der Waals surface area contributed by atoms with Gasteiger partial charge in [0.05, 0.1) is 11.6 Å². The summed E-state index contributed by atoms with van der Waals surface area (Å²) in [6.07, 6.45) is 0. The van der Waals surface area contributed by atoms with E-state index < -0.39 is 11.9 Å². The van der Waals surface area contributed by atoms with Crippen LogP contribution in [0, 0.1) is 0 Å². The van der Waals surface area contributed by atoms with Gasteiger partial charge in [-0.1, -0.05) is 18.2 Å². The van der Waals surface area contributed by atoms with Crippen molar-refractivity contribution >= 4 is 22.8 Å². The van der Waals surface area contributed by atoms with Crippen LogP contribution in [0.4, 0.5) is 5.95 Å². The van der Waals surface area contributed by atoms with Crippen molar-refractivity contribution in [3.05, 3.63) is 52.1 Å². The molecule has 1 unspecified atom stereocenters. The maximum Gasteiger partial charge on any atom is 0.263 e. The van der Waals surface area contributed by atoms with E-state index in [1.54, 1.807) is 20.0 Å². The van der Waals surface area contributed by atoms with Gasteiger partial charge in [-0.2, -0.15) is 4.98 Å². The van der Waals surface area contributed by atoms with Crippen LogP contribution >= 0.6 is 0 Å². The molecule has 0 fully saturated rings. The molecular weight excluding hydrogens is 296 g/mol. The third-order valence-electron chi connectivity index (χ3n) is 3.66. The highest BCUT2D eigenvalue weighted by Crippen LogP contribution is 2.13. The number of H-pyrrole nitrogens is 1. The second-order valence-corrected chi connectivity index (χ2v) is 5.25. The minimum absolute atomic E-state index is 0.0746. The minimum atomic E-state index is -0.473. The van der Waals surface area contributed by atoms with Crippen LogP contribution in [0.2, 0.25) is 0 Å². The van der Waals surface area contributed by atoms with Gasteiger partial charge in [-0.3, -0.25) is 14.7 Å². The summed E-state index contributed by atoms with van der Waals surface area (Å²) in [7, 11) is 1.64. The van der Waals surface area contributed by atoms with Crippen molar-refractivity contribution < 1.29 is 4.79 Å². The fraction of sp³-hybridized carbons (Fsp3) is 0.200. The lowest BCUT2D eigenvalue weighted by molar-refractivity contribution is 0.0936. The lowest BCUT2D eigenvalue weighted by Crippen LogP contribution is -2.34. The zero-order valence-corrected chi connectivity index (χ0v) is 12.7. The summed E-state index contributed by atoms with van der Waals surface area (Å²) >= 11 is 0. The molecule has 0 saturated heterocycles. The highest BCUT2D eigenvalue weighted by Gasteiger charge is 2.18. The second kappa shape index (κ2) is 5.56. The topological polar surface area (TPSA) is 119 Å². The quantitative estimate of drug-likeness (QED) is 0.659. The molecule has 8 nitrogen and oxygen atoms in total. The molecule has 2 heterocycles. The first-order chi connectivity index (χ1) is 11.0. The van der Waals surface area contributed by atoms with Gasteiger partial charge in [-0.05, 0) is 24.4 Å². The van der Waals surface area contributed by atoms with Gasteiger partial charge in [-0.15, -0.1) is 5.10 Å². The number of aromatic nitrogens is 4. The number of fused-ring (bicyclic) bond motifs is 1. The van der Waals surface area contributed by atoms with Crippen molar-refractivity contribution in [2.45, 2.75) is 13.0 Å². The Morgan fingerprint density at radius 2 is 2.13 bits per heavy atom. The molecule has 0 aliphatic carbocycles. The van der Waals surface area contributed by atoms with E-state index in [2.05, 4.69) is 20.5 Å². The summed E-state index contributed by atoms with van der Waals surface area (Å²) in [4.78, 5) is 28.8. The van der Waals surface area contributed by atoms with Crippen LogP contribution in [0.1, 0.15) is 29.1 Å². The largest absolute Gasteiger partial charge is 0.367 e. The number of carbonyl (C=O) groups excluding carboxylic acids is 1. The normalized spacial score (nSPS) is 12.3. The maximum atomic E-state index is 12.4. The number of hydrogen-bond acceptors (Lipinski definition) is 5. The van der Waals surface area contributed by atoms with Crippen LogP contribution in [0.3, 0.4) is 0 Å². The lowest BCUT2D eigenvalue weighted by atomic mass is 10.1. The molecule has 0 radical (unpaired) electrons. The average Bonchev–Trinajstić information content (AvgIpc) is 2.97. The number of para-hydroxylation sites is 1. The van der Waals surface area contributed by atoms with Crippen LogP contribution in [0.15, 0.2) is 35.1 Å². The van der Waals surface area contributed by atoms with E-state index in [4.69, 9.17) is 5.73 Å².